The molecule has 0 unspecified atom stereocenters. The summed E-state index contributed by atoms with van der Waals surface area (Å²) < 4.78 is 13.9. The predicted octanol–water partition coefficient (Wildman–Crippen LogP) is 1.24. The van der Waals surface area contributed by atoms with E-state index in [-0.39, 0.29) is 17.6 Å². The minimum atomic E-state index is -0.193. The maximum Gasteiger partial charge on any atom is 0.222 e. The van der Waals surface area contributed by atoms with E-state index in [0.717, 1.165) is 31.5 Å². The molecule has 1 aliphatic heterocycles. The maximum atomic E-state index is 13.9. The van der Waals surface area contributed by atoms with Gasteiger partial charge in [-0.15, -0.1) is 0 Å². The van der Waals surface area contributed by atoms with Crippen molar-refractivity contribution in [1.82, 2.24) is 10.2 Å². The van der Waals surface area contributed by atoms with E-state index in [9.17, 15) is 9.18 Å². The molecular weight excluding hydrogens is 257 g/mol. The number of hydrogen-bond acceptors (Lipinski definition) is 3. The molecule has 1 aromatic rings. The second kappa shape index (κ2) is 6.81. The zero-order valence-corrected chi connectivity index (χ0v) is 11.9. The van der Waals surface area contributed by atoms with Gasteiger partial charge in [0.1, 0.15) is 5.82 Å². The quantitative estimate of drug-likeness (QED) is 0.872. The summed E-state index contributed by atoms with van der Waals surface area (Å²) in [5.41, 5.74) is 7.00. The highest BCUT2D eigenvalue weighted by Crippen LogP contribution is 2.20. The van der Waals surface area contributed by atoms with E-state index >= 15 is 0 Å². The molecule has 1 saturated heterocycles. The molecule has 110 valence electrons. The molecule has 0 radical (unpaired) electrons. The van der Waals surface area contributed by atoms with Crippen LogP contribution >= 0.6 is 0 Å². The molecule has 4 nitrogen and oxygen atoms in total. The summed E-state index contributed by atoms with van der Waals surface area (Å²) >= 11 is 0. The number of rotatable bonds is 4. The predicted molar refractivity (Wildman–Crippen MR) is 76.4 cm³/mol. The van der Waals surface area contributed by atoms with Crippen LogP contribution in [0.5, 0.6) is 0 Å². The Bertz CT molecular complexity index is 470. The third kappa shape index (κ3) is 3.55. The average molecular weight is 279 g/mol. The van der Waals surface area contributed by atoms with Crippen molar-refractivity contribution in [2.24, 2.45) is 11.7 Å². The number of nitrogens with zero attached hydrogens (tertiary/aromatic N) is 1. The lowest BCUT2D eigenvalue weighted by Crippen LogP contribution is -2.39. The van der Waals surface area contributed by atoms with Crippen LogP contribution in [0.15, 0.2) is 18.2 Å². The van der Waals surface area contributed by atoms with E-state index in [1.165, 1.54) is 6.07 Å². The highest BCUT2D eigenvalue weighted by atomic mass is 19.1. The van der Waals surface area contributed by atoms with Crippen LogP contribution in [-0.4, -0.2) is 30.9 Å². The fraction of sp³-hybridized carbons (Fsp3) is 0.533. The molecule has 1 amide bonds. The first-order valence-electron chi connectivity index (χ1n) is 7.05. The number of likely N-dealkylation sites (tertiary alicyclic amines) is 1. The van der Waals surface area contributed by atoms with Crippen molar-refractivity contribution >= 4 is 5.91 Å². The summed E-state index contributed by atoms with van der Waals surface area (Å²) in [6, 6.07) is 5.19. The van der Waals surface area contributed by atoms with Gasteiger partial charge < -0.3 is 11.1 Å². The number of halogens is 1. The molecule has 0 bridgehead atoms. The number of amides is 1. The molecule has 2 rings (SSSR count). The van der Waals surface area contributed by atoms with Crippen molar-refractivity contribution in [3.8, 4) is 0 Å². The number of nitrogens with one attached hydrogen (secondary N) is 1. The highest BCUT2D eigenvalue weighted by molar-refractivity contribution is 5.78. The summed E-state index contributed by atoms with van der Waals surface area (Å²) in [4.78, 5) is 13.7. The van der Waals surface area contributed by atoms with Crippen LogP contribution in [0.25, 0.3) is 0 Å². The maximum absolute atomic E-state index is 13.9. The Labute approximate surface area is 119 Å². The van der Waals surface area contributed by atoms with Crippen molar-refractivity contribution < 1.29 is 9.18 Å². The Morgan fingerprint density at radius 1 is 1.45 bits per heavy atom. The molecule has 1 aliphatic rings. The van der Waals surface area contributed by atoms with Crippen LogP contribution in [0.3, 0.4) is 0 Å². The molecule has 1 aromatic carbocycles. The van der Waals surface area contributed by atoms with Crippen LogP contribution in [0.2, 0.25) is 0 Å². The summed E-state index contributed by atoms with van der Waals surface area (Å²) in [5, 5.41) is 2.69. The van der Waals surface area contributed by atoms with Gasteiger partial charge in [0, 0.05) is 31.6 Å². The second-order valence-electron chi connectivity index (χ2n) is 5.29. The molecule has 1 heterocycles. The summed E-state index contributed by atoms with van der Waals surface area (Å²) in [6.45, 7) is 2.61. The average Bonchev–Trinajstić information content (AvgIpc) is 2.49. The van der Waals surface area contributed by atoms with Crippen molar-refractivity contribution in [2.75, 3.05) is 20.1 Å². The van der Waals surface area contributed by atoms with E-state index in [1.54, 1.807) is 7.05 Å². The van der Waals surface area contributed by atoms with E-state index in [2.05, 4.69) is 10.2 Å². The minimum absolute atomic E-state index is 0.0979. The number of piperidine rings is 1. The highest BCUT2D eigenvalue weighted by Gasteiger charge is 2.24. The van der Waals surface area contributed by atoms with Gasteiger partial charge in [0.05, 0.1) is 0 Å². The fourth-order valence-corrected chi connectivity index (χ4v) is 2.64. The topological polar surface area (TPSA) is 58.4 Å². The van der Waals surface area contributed by atoms with Gasteiger partial charge in [0.15, 0.2) is 0 Å². The van der Waals surface area contributed by atoms with Crippen molar-refractivity contribution in [3.63, 3.8) is 0 Å². The number of nitrogens with two attached hydrogens (primary N) is 1. The summed E-state index contributed by atoms with van der Waals surface area (Å²) in [7, 11) is 1.67. The Hall–Kier alpha value is -1.46. The molecule has 0 aromatic heterocycles. The summed E-state index contributed by atoms with van der Waals surface area (Å²) in [5.74, 6) is 0.0187. The largest absolute Gasteiger partial charge is 0.359 e. The van der Waals surface area contributed by atoms with Crippen LogP contribution in [0.1, 0.15) is 24.0 Å². The lowest BCUT2D eigenvalue weighted by molar-refractivity contribution is -0.125. The number of carbonyl (C=O) groups excluding carboxylic acids is 1. The van der Waals surface area contributed by atoms with Gasteiger partial charge in [-0.2, -0.15) is 0 Å². The van der Waals surface area contributed by atoms with Gasteiger partial charge in [-0.05, 0) is 37.6 Å². The van der Waals surface area contributed by atoms with E-state index in [1.807, 2.05) is 12.1 Å². The van der Waals surface area contributed by atoms with Gasteiger partial charge in [-0.1, -0.05) is 12.1 Å². The van der Waals surface area contributed by atoms with E-state index in [4.69, 9.17) is 5.73 Å². The molecule has 20 heavy (non-hydrogen) atoms. The zero-order valence-electron chi connectivity index (χ0n) is 11.9. The Kier molecular flexibility index (Phi) is 5.09. The number of carbonyl (C=O) groups is 1. The Balaban J connectivity index is 1.91. The van der Waals surface area contributed by atoms with Gasteiger partial charge in [0.25, 0.3) is 0 Å². The van der Waals surface area contributed by atoms with Crippen LogP contribution < -0.4 is 11.1 Å². The van der Waals surface area contributed by atoms with Crippen LogP contribution in [0.4, 0.5) is 4.39 Å². The third-order valence-electron chi connectivity index (χ3n) is 3.95. The normalized spacial score (nSPS) is 17.1. The first-order chi connectivity index (χ1) is 9.63. The fourth-order valence-electron chi connectivity index (χ4n) is 2.64. The van der Waals surface area contributed by atoms with E-state index in [0.29, 0.717) is 18.7 Å². The minimum Gasteiger partial charge on any atom is -0.359 e. The van der Waals surface area contributed by atoms with Gasteiger partial charge in [-0.3, -0.25) is 9.69 Å². The van der Waals surface area contributed by atoms with Gasteiger partial charge in [0.2, 0.25) is 5.91 Å². The van der Waals surface area contributed by atoms with Crippen molar-refractivity contribution in [3.05, 3.63) is 35.1 Å². The first kappa shape index (κ1) is 14.9. The number of benzene rings is 1. The number of hydrogen-bond donors (Lipinski definition) is 2. The van der Waals surface area contributed by atoms with E-state index < -0.39 is 0 Å². The zero-order chi connectivity index (χ0) is 14.5. The standard InChI is InChI=1S/C15H22FN3O/c1-18-15(20)12-4-6-19(7-5-12)10-13-3-2-11(9-17)8-14(13)16/h2-3,8,12H,4-7,9-10,17H2,1H3,(H,18,20). The van der Waals surface area contributed by atoms with Crippen LogP contribution in [0, 0.1) is 11.7 Å². The molecule has 0 saturated carbocycles. The first-order valence-corrected chi connectivity index (χ1v) is 7.05. The lowest BCUT2D eigenvalue weighted by atomic mass is 9.95. The smallest absolute Gasteiger partial charge is 0.222 e. The van der Waals surface area contributed by atoms with Gasteiger partial charge >= 0.3 is 0 Å². The lowest BCUT2D eigenvalue weighted by Gasteiger charge is -2.31. The molecule has 5 heteroatoms. The van der Waals surface area contributed by atoms with Crippen LogP contribution in [-0.2, 0) is 17.9 Å². The van der Waals surface area contributed by atoms with Crippen molar-refractivity contribution in [2.45, 2.75) is 25.9 Å². The molecule has 1 fully saturated rings. The second-order valence-corrected chi connectivity index (χ2v) is 5.29. The Morgan fingerprint density at radius 3 is 2.70 bits per heavy atom. The monoisotopic (exact) mass is 279 g/mol. The molecule has 0 aliphatic carbocycles. The third-order valence-corrected chi connectivity index (χ3v) is 3.95. The SMILES string of the molecule is CNC(=O)C1CCN(Cc2ccc(CN)cc2F)CC1. The van der Waals surface area contributed by atoms with Crippen molar-refractivity contribution in [1.29, 1.82) is 0 Å². The van der Waals surface area contributed by atoms with Gasteiger partial charge in [-0.25, -0.2) is 4.39 Å². The molecule has 3 N–H and O–H groups in total. The Morgan fingerprint density at radius 2 is 2.15 bits per heavy atom. The molecular formula is C15H22FN3O. The molecule has 0 atom stereocenters. The summed E-state index contributed by atoms with van der Waals surface area (Å²) in [6.07, 6.45) is 1.67. The molecule has 0 spiro atoms.